The molecule has 1 atom stereocenters. The zero-order chi connectivity index (χ0) is 24.4. The summed E-state index contributed by atoms with van der Waals surface area (Å²) in [4.78, 5) is 18.7. The number of nitrogens with two attached hydrogens (primary N) is 2. The summed E-state index contributed by atoms with van der Waals surface area (Å²) < 4.78 is 34.5. The van der Waals surface area contributed by atoms with Crippen molar-refractivity contribution >= 4 is 38.3 Å². The summed E-state index contributed by atoms with van der Waals surface area (Å²) in [5.74, 6) is -0.488. The zero-order valence-electron chi connectivity index (χ0n) is 19.4. The normalized spacial score (nSPS) is 12.3. The molecule has 0 aliphatic heterocycles. The molecule has 2 aromatic carbocycles. The number of amides is 1. The maximum atomic E-state index is 13.4. The summed E-state index contributed by atoms with van der Waals surface area (Å²) in [6.07, 6.45) is 0.647. The molecule has 10 nitrogen and oxygen atoms in total. The Morgan fingerprint density at radius 3 is 2.52 bits per heavy atom. The van der Waals surface area contributed by atoms with Crippen molar-refractivity contribution in [3.05, 3.63) is 36.4 Å². The number of hydrogen-bond donors (Lipinski definition) is 4. The van der Waals surface area contributed by atoms with Gasteiger partial charge in [0.15, 0.2) is 5.96 Å². The number of carbonyl (C=O) groups excluding carboxylic acids is 1. The fraction of sp³-hybridized carbons (Fsp3) is 0.455. The Morgan fingerprint density at radius 2 is 1.85 bits per heavy atom. The van der Waals surface area contributed by atoms with Crippen LogP contribution in [0.5, 0.6) is 0 Å². The van der Waals surface area contributed by atoms with E-state index in [2.05, 4.69) is 15.0 Å². The third-order valence-electron chi connectivity index (χ3n) is 4.94. The van der Waals surface area contributed by atoms with Crippen molar-refractivity contribution < 1.29 is 17.9 Å². The molecule has 1 unspecified atom stereocenters. The van der Waals surface area contributed by atoms with E-state index in [0.29, 0.717) is 25.0 Å². The highest BCUT2D eigenvalue weighted by molar-refractivity contribution is 7.89. The Morgan fingerprint density at radius 1 is 1.15 bits per heavy atom. The standard InChI is InChI=1S/C22H34N6O4S/c1-4-32-15-14-25-21(29)18(10-7-13-26-22(23)24)27-33(30,31)20-12-6-8-16-17(20)9-5-11-19(16)28(2)3/h5-6,8-9,11-12,18,27H,4,7,10,13-15H2,1-3H3,(H,25,29)(H4,23,24,26). The van der Waals surface area contributed by atoms with E-state index in [1.54, 1.807) is 12.1 Å². The lowest BCUT2D eigenvalue weighted by Gasteiger charge is -2.20. The number of guanidine groups is 1. The van der Waals surface area contributed by atoms with Gasteiger partial charge in [-0.15, -0.1) is 0 Å². The highest BCUT2D eigenvalue weighted by atomic mass is 32.2. The molecule has 6 N–H and O–H groups in total. The summed E-state index contributed by atoms with van der Waals surface area (Å²) in [5.41, 5.74) is 11.6. The average molecular weight is 479 g/mol. The summed E-state index contributed by atoms with van der Waals surface area (Å²) >= 11 is 0. The zero-order valence-corrected chi connectivity index (χ0v) is 20.2. The van der Waals surface area contributed by atoms with E-state index in [9.17, 15) is 13.2 Å². The van der Waals surface area contributed by atoms with E-state index >= 15 is 0 Å². The smallest absolute Gasteiger partial charge is 0.241 e. The van der Waals surface area contributed by atoms with Crippen LogP contribution in [0.25, 0.3) is 10.8 Å². The summed E-state index contributed by atoms with van der Waals surface area (Å²) in [6, 6.07) is 9.60. The van der Waals surface area contributed by atoms with Crippen LogP contribution >= 0.6 is 0 Å². The van der Waals surface area contributed by atoms with Gasteiger partial charge in [-0.25, -0.2) is 8.42 Å². The largest absolute Gasteiger partial charge is 0.380 e. The molecular formula is C22H34N6O4S. The van der Waals surface area contributed by atoms with Gasteiger partial charge < -0.3 is 26.4 Å². The van der Waals surface area contributed by atoms with Crippen LogP contribution in [0.1, 0.15) is 19.8 Å². The molecule has 0 fully saturated rings. The van der Waals surface area contributed by atoms with Crippen LogP contribution in [0.4, 0.5) is 5.69 Å². The van der Waals surface area contributed by atoms with Gasteiger partial charge >= 0.3 is 0 Å². The minimum atomic E-state index is -4.01. The van der Waals surface area contributed by atoms with Gasteiger partial charge in [0.2, 0.25) is 15.9 Å². The third kappa shape index (κ3) is 7.58. The predicted octanol–water partition coefficient (Wildman–Crippen LogP) is 0.759. The van der Waals surface area contributed by atoms with Crippen molar-refractivity contribution in [3.63, 3.8) is 0 Å². The Bertz CT molecular complexity index is 1070. The maximum absolute atomic E-state index is 13.4. The van der Waals surface area contributed by atoms with Crippen molar-refractivity contribution in [1.82, 2.24) is 10.0 Å². The van der Waals surface area contributed by atoms with Gasteiger partial charge in [0.1, 0.15) is 6.04 Å². The number of aliphatic imine (C=N–C) groups is 1. The molecule has 0 aromatic heterocycles. The van der Waals surface area contributed by atoms with Crippen molar-refractivity contribution in [2.75, 3.05) is 45.3 Å². The number of ether oxygens (including phenoxy) is 1. The molecule has 0 saturated heterocycles. The second-order valence-electron chi connectivity index (χ2n) is 7.63. The molecule has 0 spiro atoms. The minimum absolute atomic E-state index is 0.0549. The summed E-state index contributed by atoms with van der Waals surface area (Å²) in [5, 5.41) is 4.10. The number of fused-ring (bicyclic) bond motifs is 1. The Kier molecular flexibility index (Phi) is 9.89. The van der Waals surface area contributed by atoms with Crippen molar-refractivity contribution in [2.45, 2.75) is 30.7 Å². The van der Waals surface area contributed by atoms with Crippen molar-refractivity contribution in [2.24, 2.45) is 16.5 Å². The number of rotatable bonds is 13. The molecule has 182 valence electrons. The maximum Gasteiger partial charge on any atom is 0.241 e. The SMILES string of the molecule is CCOCCNC(=O)C(CCCN=C(N)N)NS(=O)(=O)c1cccc2c(N(C)C)cccc12. The molecule has 1 amide bonds. The van der Waals surface area contributed by atoms with E-state index < -0.39 is 22.0 Å². The Hall–Kier alpha value is -2.89. The Labute approximate surface area is 195 Å². The summed E-state index contributed by atoms with van der Waals surface area (Å²) in [7, 11) is -0.216. The van der Waals surface area contributed by atoms with Crippen LogP contribution < -0.4 is 26.4 Å². The van der Waals surface area contributed by atoms with Crippen LogP contribution in [-0.4, -0.2) is 66.7 Å². The first-order valence-electron chi connectivity index (χ1n) is 10.8. The highest BCUT2D eigenvalue weighted by Crippen LogP contribution is 2.30. The predicted molar refractivity (Wildman–Crippen MR) is 132 cm³/mol. The molecule has 11 heteroatoms. The fourth-order valence-corrected chi connectivity index (χ4v) is 4.85. The highest BCUT2D eigenvalue weighted by Gasteiger charge is 2.27. The van der Waals surface area contributed by atoms with Gasteiger partial charge in [-0.1, -0.05) is 24.3 Å². The number of nitrogens with zero attached hydrogens (tertiary/aromatic N) is 2. The number of nitrogens with one attached hydrogen (secondary N) is 2. The topological polar surface area (TPSA) is 152 Å². The van der Waals surface area contributed by atoms with Crippen molar-refractivity contribution in [1.29, 1.82) is 0 Å². The molecule has 0 aliphatic carbocycles. The van der Waals surface area contributed by atoms with Crippen molar-refractivity contribution in [3.8, 4) is 0 Å². The van der Waals surface area contributed by atoms with Gasteiger partial charge in [0.05, 0.1) is 11.5 Å². The van der Waals surface area contributed by atoms with Crippen LogP contribution in [0, 0.1) is 0 Å². The van der Waals surface area contributed by atoms with Gasteiger partial charge in [-0.3, -0.25) is 9.79 Å². The monoisotopic (exact) mass is 478 g/mol. The van der Waals surface area contributed by atoms with Gasteiger partial charge in [0.25, 0.3) is 0 Å². The molecular weight excluding hydrogens is 444 g/mol. The molecule has 0 saturated carbocycles. The molecule has 0 bridgehead atoms. The molecule has 2 aromatic rings. The lowest BCUT2D eigenvalue weighted by molar-refractivity contribution is -0.123. The van der Waals surface area contributed by atoms with Gasteiger partial charge in [-0.2, -0.15) is 4.72 Å². The van der Waals surface area contributed by atoms with E-state index in [0.717, 1.165) is 11.1 Å². The second-order valence-corrected chi connectivity index (χ2v) is 9.32. The number of carbonyl (C=O) groups is 1. The van der Waals surface area contributed by atoms with E-state index in [1.807, 2.05) is 44.1 Å². The summed E-state index contributed by atoms with van der Waals surface area (Å²) in [6.45, 7) is 3.29. The third-order valence-corrected chi connectivity index (χ3v) is 6.47. The molecule has 0 aliphatic rings. The first-order chi connectivity index (χ1) is 15.7. The minimum Gasteiger partial charge on any atom is -0.380 e. The molecule has 0 heterocycles. The molecule has 33 heavy (non-hydrogen) atoms. The van der Waals surface area contributed by atoms with Gasteiger partial charge in [-0.05, 0) is 31.9 Å². The van der Waals surface area contributed by atoms with E-state index in [1.165, 1.54) is 6.07 Å². The molecule has 2 rings (SSSR count). The van der Waals surface area contributed by atoms with Crippen LogP contribution in [0.15, 0.2) is 46.3 Å². The first-order valence-corrected chi connectivity index (χ1v) is 12.3. The van der Waals surface area contributed by atoms with Crippen LogP contribution in [0.3, 0.4) is 0 Å². The van der Waals surface area contributed by atoms with E-state index in [-0.39, 0.29) is 30.4 Å². The lowest BCUT2D eigenvalue weighted by atomic mass is 10.1. The van der Waals surface area contributed by atoms with E-state index in [4.69, 9.17) is 16.2 Å². The van der Waals surface area contributed by atoms with Crippen LogP contribution in [-0.2, 0) is 19.6 Å². The fourth-order valence-electron chi connectivity index (χ4n) is 3.40. The average Bonchev–Trinajstić information content (AvgIpc) is 2.77. The lowest BCUT2D eigenvalue weighted by Crippen LogP contribution is -2.47. The number of anilines is 1. The quantitative estimate of drug-likeness (QED) is 0.188. The van der Waals surface area contributed by atoms with Gasteiger partial charge in [0, 0.05) is 50.3 Å². The van der Waals surface area contributed by atoms with Crippen LogP contribution in [0.2, 0.25) is 0 Å². The number of sulfonamides is 1. The Balaban J connectivity index is 2.30. The number of benzene rings is 2. The first kappa shape index (κ1) is 26.4. The molecule has 0 radical (unpaired) electrons. The second kappa shape index (κ2) is 12.4. The number of hydrogen-bond acceptors (Lipinski definition) is 6.